The lowest BCUT2D eigenvalue weighted by molar-refractivity contribution is -0.142. The highest BCUT2D eigenvalue weighted by Crippen LogP contribution is 2.47. The molecule has 3 N–H and O–H groups in total. The molecule has 9 nitrogen and oxygen atoms in total. The van der Waals surface area contributed by atoms with Crippen molar-refractivity contribution in [1.82, 2.24) is 9.80 Å². The maximum atomic E-state index is 14.8. The number of fused-ring (bicyclic) bond motifs is 2. The predicted octanol–water partition coefficient (Wildman–Crippen LogP) is 2.99. The normalized spacial score (nSPS) is 22.6. The van der Waals surface area contributed by atoms with Gasteiger partial charge in [0, 0.05) is 30.7 Å². The van der Waals surface area contributed by atoms with Crippen molar-refractivity contribution in [2.75, 3.05) is 18.9 Å². The first-order valence-electron chi connectivity index (χ1n) is 11.3. The van der Waals surface area contributed by atoms with Crippen molar-refractivity contribution >= 4 is 41.1 Å². The van der Waals surface area contributed by atoms with Crippen LogP contribution in [0.1, 0.15) is 53.0 Å². The molecular weight excluding hydrogens is 479 g/mol. The molecule has 0 aromatic heterocycles. The van der Waals surface area contributed by atoms with Crippen molar-refractivity contribution in [3.63, 3.8) is 0 Å². The summed E-state index contributed by atoms with van der Waals surface area (Å²) in [5.41, 5.74) is 2.80. The van der Waals surface area contributed by atoms with E-state index in [1.807, 2.05) is 0 Å². The molecule has 2 heterocycles. The van der Waals surface area contributed by atoms with Crippen LogP contribution in [-0.4, -0.2) is 70.6 Å². The van der Waals surface area contributed by atoms with Gasteiger partial charge in [-0.3, -0.25) is 19.3 Å². The van der Waals surface area contributed by atoms with E-state index in [9.17, 15) is 23.6 Å². The zero-order chi connectivity index (χ0) is 26.5. The van der Waals surface area contributed by atoms with Crippen molar-refractivity contribution in [3.05, 3.63) is 28.8 Å². The monoisotopic (exact) mass is 510 g/mol. The Kier molecular flexibility index (Phi) is 6.84. The van der Waals surface area contributed by atoms with E-state index >= 15 is 0 Å². The minimum absolute atomic E-state index is 0.0604. The summed E-state index contributed by atoms with van der Waals surface area (Å²) in [4.78, 5) is 54.3. The lowest BCUT2D eigenvalue weighted by Gasteiger charge is -2.35. The number of amides is 4. The molecule has 4 amide bonds. The van der Waals surface area contributed by atoms with Crippen LogP contribution in [-0.2, 0) is 24.5 Å². The minimum atomic E-state index is -1.83. The summed E-state index contributed by atoms with van der Waals surface area (Å²) in [6.45, 7) is 7.41. The summed E-state index contributed by atoms with van der Waals surface area (Å²) in [6, 6.07) is 2.45. The second kappa shape index (κ2) is 8.96. The Morgan fingerprint density at radius 3 is 2.49 bits per heavy atom. The maximum absolute atomic E-state index is 14.8. The molecule has 35 heavy (non-hydrogen) atoms. The summed E-state index contributed by atoms with van der Waals surface area (Å²) in [5.74, 6) is -1.90. The number of carbonyl (C=O) groups excluding carboxylic acids is 4. The van der Waals surface area contributed by atoms with Gasteiger partial charge in [-0.2, -0.15) is 0 Å². The number of likely N-dealkylation sites (N-methyl/N-ethyl adjacent to an activating group) is 1. The van der Waals surface area contributed by atoms with Crippen LogP contribution >= 0.6 is 11.6 Å². The number of carbonyl (C=O) groups is 4. The highest BCUT2D eigenvalue weighted by Gasteiger charge is 2.58. The molecular formula is C24H32ClFN4O5. The summed E-state index contributed by atoms with van der Waals surface area (Å²) >= 11 is 6.17. The Hall–Kier alpha value is -2.88. The van der Waals surface area contributed by atoms with E-state index in [2.05, 4.69) is 5.32 Å². The molecule has 2 aliphatic rings. The average molecular weight is 511 g/mol. The number of nitrogens with one attached hydrogen (secondary N) is 1. The van der Waals surface area contributed by atoms with E-state index in [1.165, 1.54) is 25.8 Å². The van der Waals surface area contributed by atoms with Crippen LogP contribution in [0, 0.1) is 0 Å². The Labute approximate surface area is 209 Å². The molecule has 0 bridgehead atoms. The van der Waals surface area contributed by atoms with Gasteiger partial charge in [0.2, 0.25) is 17.7 Å². The molecule has 1 fully saturated rings. The molecule has 0 aliphatic carbocycles. The van der Waals surface area contributed by atoms with Gasteiger partial charge in [0.05, 0.1) is 5.41 Å². The number of alkyl halides is 1. The number of anilines is 1. The van der Waals surface area contributed by atoms with Gasteiger partial charge in [-0.1, -0.05) is 11.6 Å². The quantitative estimate of drug-likeness (QED) is 0.630. The number of halogens is 2. The van der Waals surface area contributed by atoms with E-state index < -0.39 is 46.7 Å². The van der Waals surface area contributed by atoms with Crippen LogP contribution < -0.4 is 11.1 Å². The standard InChI is InChI=1S/C24H32ClFN4O5/c1-22(2,3)35-21(34)29(6)17(10-23(4,5)26)19(32)30-12-24(11-16(30)18(27)31)14-9-13(25)7-8-15(14)28-20(24)33/h7-9,16-17H,10-12H2,1-6H3,(H2,27,31)(H,28,33)/t16-,17-,24-/m0/s1. The Bertz CT molecular complexity index is 1070. The third kappa shape index (κ3) is 5.37. The zero-order valence-electron chi connectivity index (χ0n) is 20.8. The topological polar surface area (TPSA) is 122 Å². The van der Waals surface area contributed by atoms with Crippen molar-refractivity contribution in [2.24, 2.45) is 5.73 Å². The number of hydrogen-bond acceptors (Lipinski definition) is 5. The van der Waals surface area contributed by atoms with Crippen LogP contribution in [0.2, 0.25) is 5.02 Å². The Balaban J connectivity index is 2.01. The van der Waals surface area contributed by atoms with Gasteiger partial charge in [-0.05, 0) is 64.8 Å². The fourth-order valence-corrected chi connectivity index (χ4v) is 4.81. The second-order valence-corrected chi connectivity index (χ2v) is 11.3. The number of primary amides is 1. The maximum Gasteiger partial charge on any atom is 0.410 e. The van der Waals surface area contributed by atoms with Gasteiger partial charge in [0.1, 0.15) is 23.4 Å². The zero-order valence-corrected chi connectivity index (χ0v) is 21.5. The molecule has 2 aliphatic heterocycles. The molecule has 192 valence electrons. The fourth-order valence-electron chi connectivity index (χ4n) is 4.64. The van der Waals surface area contributed by atoms with Crippen molar-refractivity contribution < 1.29 is 28.3 Å². The summed E-state index contributed by atoms with van der Waals surface area (Å²) in [6.07, 6.45) is -1.24. The predicted molar refractivity (Wildman–Crippen MR) is 129 cm³/mol. The molecule has 1 spiro atoms. The molecule has 0 saturated carbocycles. The fraction of sp³-hybridized carbons (Fsp3) is 0.583. The highest BCUT2D eigenvalue weighted by molar-refractivity contribution is 6.31. The number of nitrogens with zero attached hydrogens (tertiary/aromatic N) is 2. The molecule has 3 atom stereocenters. The van der Waals surface area contributed by atoms with Gasteiger partial charge >= 0.3 is 6.09 Å². The van der Waals surface area contributed by atoms with Crippen molar-refractivity contribution in [2.45, 2.75) is 76.2 Å². The number of ether oxygens (including phenoxy) is 1. The van der Waals surface area contributed by atoms with E-state index in [0.717, 1.165) is 4.90 Å². The highest BCUT2D eigenvalue weighted by atomic mass is 35.5. The lowest BCUT2D eigenvalue weighted by atomic mass is 9.79. The van der Waals surface area contributed by atoms with Gasteiger partial charge in [0.15, 0.2) is 0 Å². The van der Waals surface area contributed by atoms with Crippen LogP contribution in [0.4, 0.5) is 14.9 Å². The SMILES string of the molecule is CN(C(=O)OC(C)(C)C)[C@@H](CC(C)(C)F)C(=O)N1C[C@]2(C[C@H]1C(N)=O)C(=O)Nc1ccc(Cl)cc12. The first-order chi connectivity index (χ1) is 15.9. The first kappa shape index (κ1) is 26.7. The summed E-state index contributed by atoms with van der Waals surface area (Å²) < 4.78 is 20.2. The van der Waals surface area contributed by atoms with Crippen LogP contribution in [0.3, 0.4) is 0 Å². The third-order valence-corrected chi connectivity index (χ3v) is 6.50. The first-order valence-corrected chi connectivity index (χ1v) is 11.7. The molecule has 1 saturated heterocycles. The summed E-state index contributed by atoms with van der Waals surface area (Å²) in [5, 5.41) is 3.17. The molecule has 0 radical (unpaired) electrons. The smallest absolute Gasteiger partial charge is 0.410 e. The largest absolute Gasteiger partial charge is 0.444 e. The van der Waals surface area contributed by atoms with Gasteiger partial charge in [-0.25, -0.2) is 9.18 Å². The number of likely N-dealkylation sites (tertiary alicyclic amines) is 1. The van der Waals surface area contributed by atoms with Crippen molar-refractivity contribution in [1.29, 1.82) is 0 Å². The van der Waals surface area contributed by atoms with Gasteiger partial charge in [-0.15, -0.1) is 0 Å². The molecule has 3 rings (SSSR count). The van der Waals surface area contributed by atoms with E-state index in [4.69, 9.17) is 22.1 Å². The number of benzene rings is 1. The number of rotatable bonds is 5. The average Bonchev–Trinajstić information content (AvgIpc) is 3.23. The van der Waals surface area contributed by atoms with Crippen molar-refractivity contribution in [3.8, 4) is 0 Å². The van der Waals surface area contributed by atoms with E-state index in [-0.39, 0.29) is 25.3 Å². The summed E-state index contributed by atoms with van der Waals surface area (Å²) in [7, 11) is 1.34. The van der Waals surface area contributed by atoms with Crippen LogP contribution in [0.15, 0.2) is 18.2 Å². The third-order valence-electron chi connectivity index (χ3n) is 6.26. The van der Waals surface area contributed by atoms with Crippen LogP contribution in [0.25, 0.3) is 0 Å². The molecule has 0 unspecified atom stereocenters. The molecule has 1 aromatic rings. The van der Waals surface area contributed by atoms with Gasteiger partial charge in [0.25, 0.3) is 0 Å². The minimum Gasteiger partial charge on any atom is -0.444 e. The number of hydrogen-bond donors (Lipinski definition) is 2. The van der Waals surface area contributed by atoms with Gasteiger partial charge < -0.3 is 20.7 Å². The molecule has 11 heteroatoms. The Morgan fingerprint density at radius 2 is 1.94 bits per heavy atom. The van der Waals surface area contributed by atoms with E-state index in [0.29, 0.717) is 16.3 Å². The number of nitrogens with two attached hydrogens (primary N) is 1. The van der Waals surface area contributed by atoms with Crippen LogP contribution in [0.5, 0.6) is 0 Å². The second-order valence-electron chi connectivity index (χ2n) is 10.8. The van der Waals surface area contributed by atoms with E-state index in [1.54, 1.807) is 39.0 Å². The Morgan fingerprint density at radius 1 is 1.31 bits per heavy atom. The lowest BCUT2D eigenvalue weighted by Crippen LogP contribution is -2.55. The molecule has 1 aromatic carbocycles.